The second-order valence-electron chi connectivity index (χ2n) is 11.1. The number of allylic oxidation sites excluding steroid dienone is 4. The Morgan fingerprint density at radius 1 is 0.357 bits per heavy atom. The molecule has 7 aromatic rings. The molecule has 0 radical (unpaired) electrons. The Balaban J connectivity index is 1.75. The second kappa shape index (κ2) is 10.3. The number of benzene rings is 7. The lowest BCUT2D eigenvalue weighted by atomic mass is 9.77. The van der Waals surface area contributed by atoms with Gasteiger partial charge in [-0.05, 0) is 89.7 Å². The van der Waals surface area contributed by atoms with Crippen molar-refractivity contribution in [2.75, 3.05) is 0 Å². The average Bonchev–Trinajstić information content (AvgIpc) is 3.07. The molecule has 0 unspecified atom stereocenters. The number of hydrogen-bond donors (Lipinski definition) is 0. The van der Waals surface area contributed by atoms with Gasteiger partial charge in [-0.15, -0.1) is 0 Å². The first kappa shape index (κ1) is 24.6. The van der Waals surface area contributed by atoms with Crippen LogP contribution in [0.4, 0.5) is 0 Å². The SMILES string of the molecule is C1=CCCC(c2c3ccccc3c(-c3ccccc3)c3c(-c4ccccc4)c4ccccc4c(-c4ccccc4)c23)=C1. The molecule has 7 aromatic carbocycles. The monoisotopic (exact) mass is 534 g/mol. The van der Waals surface area contributed by atoms with Gasteiger partial charge in [0.1, 0.15) is 0 Å². The highest BCUT2D eigenvalue weighted by molar-refractivity contribution is 6.32. The fourth-order valence-electron chi connectivity index (χ4n) is 6.99. The van der Waals surface area contributed by atoms with Gasteiger partial charge in [-0.25, -0.2) is 0 Å². The predicted octanol–water partition coefficient (Wildman–Crippen LogP) is 11.9. The van der Waals surface area contributed by atoms with Crippen LogP contribution in [0.2, 0.25) is 0 Å². The summed E-state index contributed by atoms with van der Waals surface area (Å²) in [6, 6.07) is 51.1. The fraction of sp³-hybridized carbons (Fsp3) is 0.0476. The normalized spacial score (nSPS) is 13.1. The van der Waals surface area contributed by atoms with Gasteiger partial charge in [0.05, 0.1) is 0 Å². The Bertz CT molecular complexity index is 2100. The van der Waals surface area contributed by atoms with Crippen molar-refractivity contribution in [1.82, 2.24) is 0 Å². The predicted molar refractivity (Wildman–Crippen MR) is 182 cm³/mol. The molecule has 1 aliphatic carbocycles. The molecule has 198 valence electrons. The van der Waals surface area contributed by atoms with E-state index in [0.29, 0.717) is 0 Å². The molecule has 0 spiro atoms. The molecular weight excluding hydrogens is 504 g/mol. The molecule has 1 aliphatic rings. The van der Waals surface area contributed by atoms with Crippen LogP contribution in [0.1, 0.15) is 18.4 Å². The second-order valence-corrected chi connectivity index (χ2v) is 11.1. The third-order valence-corrected chi connectivity index (χ3v) is 8.70. The quantitative estimate of drug-likeness (QED) is 0.197. The zero-order valence-corrected chi connectivity index (χ0v) is 23.4. The summed E-state index contributed by atoms with van der Waals surface area (Å²) in [5.74, 6) is 0. The molecule has 0 aliphatic heterocycles. The van der Waals surface area contributed by atoms with Crippen molar-refractivity contribution in [3.05, 3.63) is 163 Å². The maximum atomic E-state index is 2.35. The summed E-state index contributed by atoms with van der Waals surface area (Å²) >= 11 is 0. The molecule has 0 aromatic heterocycles. The van der Waals surface area contributed by atoms with Crippen LogP contribution in [0.15, 0.2) is 158 Å². The molecule has 0 fully saturated rings. The zero-order chi connectivity index (χ0) is 27.9. The van der Waals surface area contributed by atoms with E-state index in [4.69, 9.17) is 0 Å². The van der Waals surface area contributed by atoms with E-state index in [-0.39, 0.29) is 0 Å². The zero-order valence-electron chi connectivity index (χ0n) is 23.4. The third-order valence-electron chi connectivity index (χ3n) is 8.70. The van der Waals surface area contributed by atoms with Gasteiger partial charge >= 0.3 is 0 Å². The maximum absolute atomic E-state index is 2.35. The van der Waals surface area contributed by atoms with Crippen LogP contribution in [0.5, 0.6) is 0 Å². The van der Waals surface area contributed by atoms with Crippen molar-refractivity contribution in [3.8, 4) is 33.4 Å². The van der Waals surface area contributed by atoms with Gasteiger partial charge < -0.3 is 0 Å². The molecule has 0 amide bonds. The van der Waals surface area contributed by atoms with Gasteiger partial charge in [0.15, 0.2) is 0 Å². The number of fused-ring (bicyclic) bond motifs is 3. The first-order chi connectivity index (χ1) is 20.9. The molecule has 0 atom stereocenters. The van der Waals surface area contributed by atoms with E-state index >= 15 is 0 Å². The van der Waals surface area contributed by atoms with Crippen LogP contribution in [-0.4, -0.2) is 0 Å². The van der Waals surface area contributed by atoms with Crippen molar-refractivity contribution in [2.45, 2.75) is 12.8 Å². The van der Waals surface area contributed by atoms with Gasteiger partial charge in [0.25, 0.3) is 0 Å². The molecule has 0 bridgehead atoms. The Morgan fingerprint density at radius 3 is 1.10 bits per heavy atom. The molecule has 0 nitrogen and oxygen atoms in total. The van der Waals surface area contributed by atoms with Crippen LogP contribution in [0.3, 0.4) is 0 Å². The van der Waals surface area contributed by atoms with Crippen molar-refractivity contribution in [1.29, 1.82) is 0 Å². The van der Waals surface area contributed by atoms with Gasteiger partial charge in [-0.2, -0.15) is 0 Å². The smallest absolute Gasteiger partial charge is 0.000151 e. The molecule has 0 N–H and O–H groups in total. The molecule has 8 rings (SSSR count). The molecule has 0 heterocycles. The summed E-state index contributed by atoms with van der Waals surface area (Å²) in [4.78, 5) is 0. The van der Waals surface area contributed by atoms with E-state index < -0.39 is 0 Å². The summed E-state index contributed by atoms with van der Waals surface area (Å²) in [5, 5.41) is 7.86. The third kappa shape index (κ3) is 3.91. The van der Waals surface area contributed by atoms with Gasteiger partial charge in [0, 0.05) is 0 Å². The highest BCUT2D eigenvalue weighted by atomic mass is 14.3. The van der Waals surface area contributed by atoms with E-state index in [1.165, 1.54) is 76.8 Å². The molecule has 0 saturated carbocycles. The van der Waals surface area contributed by atoms with Crippen molar-refractivity contribution in [2.24, 2.45) is 0 Å². The molecular formula is C42H30. The standard InChI is InChI=1S/C42H30/c1-5-17-29(18-6-1)37-33-25-13-14-26-34(33)39(31-21-9-3-10-22-31)42-40(32-23-11-4-12-24-32)36-28-16-15-27-35(36)38(41(37)42)30-19-7-2-8-20-30/h1-11,13-23,25-28H,12,24H2. The minimum Gasteiger partial charge on any atom is -0.0842 e. The summed E-state index contributed by atoms with van der Waals surface area (Å²) in [6.45, 7) is 0. The molecule has 0 saturated heterocycles. The Hall–Kier alpha value is -5.20. The largest absolute Gasteiger partial charge is 0.0842 e. The highest BCUT2D eigenvalue weighted by Crippen LogP contribution is 2.52. The van der Waals surface area contributed by atoms with Crippen molar-refractivity contribution >= 4 is 37.9 Å². The van der Waals surface area contributed by atoms with Gasteiger partial charge in [-0.3, -0.25) is 0 Å². The minimum absolute atomic E-state index is 1.03. The van der Waals surface area contributed by atoms with E-state index in [0.717, 1.165) is 12.8 Å². The van der Waals surface area contributed by atoms with E-state index in [2.05, 4.69) is 158 Å². The Labute approximate surface area is 246 Å². The lowest BCUT2D eigenvalue weighted by molar-refractivity contribution is 1.06. The highest BCUT2D eigenvalue weighted by Gasteiger charge is 2.26. The minimum atomic E-state index is 1.03. The van der Waals surface area contributed by atoms with Gasteiger partial charge in [0.2, 0.25) is 0 Å². The van der Waals surface area contributed by atoms with Gasteiger partial charge in [-0.1, -0.05) is 158 Å². The van der Waals surface area contributed by atoms with Crippen LogP contribution in [0, 0.1) is 0 Å². The van der Waals surface area contributed by atoms with Crippen LogP contribution < -0.4 is 0 Å². The first-order valence-corrected chi connectivity index (χ1v) is 14.9. The summed E-state index contributed by atoms with van der Waals surface area (Å²) in [5.41, 5.74) is 10.4. The topological polar surface area (TPSA) is 0 Å². The van der Waals surface area contributed by atoms with Crippen molar-refractivity contribution < 1.29 is 0 Å². The number of rotatable bonds is 4. The average molecular weight is 535 g/mol. The van der Waals surface area contributed by atoms with E-state index in [1.807, 2.05) is 0 Å². The Morgan fingerprint density at radius 2 is 0.714 bits per heavy atom. The maximum Gasteiger partial charge on any atom is -0.000151 e. The summed E-state index contributed by atoms with van der Waals surface area (Å²) in [6.07, 6.45) is 8.96. The van der Waals surface area contributed by atoms with Crippen LogP contribution >= 0.6 is 0 Å². The molecule has 0 heteroatoms. The molecule has 42 heavy (non-hydrogen) atoms. The summed E-state index contributed by atoms with van der Waals surface area (Å²) < 4.78 is 0. The first-order valence-electron chi connectivity index (χ1n) is 14.9. The van der Waals surface area contributed by atoms with Crippen molar-refractivity contribution in [3.63, 3.8) is 0 Å². The van der Waals surface area contributed by atoms with Crippen LogP contribution in [0.25, 0.3) is 71.3 Å². The number of hydrogen-bond acceptors (Lipinski definition) is 0. The summed E-state index contributed by atoms with van der Waals surface area (Å²) in [7, 11) is 0. The lowest BCUT2D eigenvalue weighted by Gasteiger charge is -2.26. The van der Waals surface area contributed by atoms with E-state index in [1.54, 1.807) is 0 Å². The lowest BCUT2D eigenvalue weighted by Crippen LogP contribution is -2.00. The Kier molecular flexibility index (Phi) is 6.04. The fourth-order valence-corrected chi connectivity index (χ4v) is 6.99. The van der Waals surface area contributed by atoms with E-state index in [9.17, 15) is 0 Å². The van der Waals surface area contributed by atoms with Crippen LogP contribution in [-0.2, 0) is 0 Å².